The molecule has 0 saturated carbocycles. The monoisotopic (exact) mass is 297 g/mol. The highest BCUT2D eigenvalue weighted by molar-refractivity contribution is 5.69. The molecule has 1 amide bonds. The predicted octanol–water partition coefficient (Wildman–Crippen LogP) is 3.59. The lowest BCUT2D eigenvalue weighted by Crippen LogP contribution is -2.39. The molecule has 1 fully saturated rings. The number of hydrogen-bond donors (Lipinski definition) is 1. The quantitative estimate of drug-likeness (QED) is 0.601. The number of ether oxygens (including phenoxy) is 1. The molecule has 5 heteroatoms. The Bertz CT molecular complexity index is 384. The second kappa shape index (κ2) is 8.05. The van der Waals surface area contributed by atoms with Gasteiger partial charge in [-0.2, -0.15) is 0 Å². The number of carboxylic acid groups (broad SMARTS) is 1. The maximum atomic E-state index is 12.1. The van der Waals surface area contributed by atoms with Crippen LogP contribution in [0.4, 0.5) is 4.79 Å². The van der Waals surface area contributed by atoms with Gasteiger partial charge in [-0.05, 0) is 52.9 Å². The summed E-state index contributed by atoms with van der Waals surface area (Å²) in [5.74, 6) is -0.745. The number of carboxylic acids is 1. The van der Waals surface area contributed by atoms with Gasteiger partial charge in [0.1, 0.15) is 5.60 Å². The summed E-state index contributed by atoms with van der Waals surface area (Å²) in [6.45, 7) is 6.35. The smallest absolute Gasteiger partial charge is 0.410 e. The van der Waals surface area contributed by atoms with Gasteiger partial charge in [0.2, 0.25) is 0 Å². The summed E-state index contributed by atoms with van der Waals surface area (Å²) < 4.78 is 5.41. The number of nitrogens with zero attached hydrogens (tertiary/aromatic N) is 1. The second-order valence-corrected chi connectivity index (χ2v) is 6.45. The Kier molecular flexibility index (Phi) is 6.72. The molecule has 0 unspecified atom stereocenters. The van der Waals surface area contributed by atoms with E-state index < -0.39 is 11.6 Å². The molecule has 1 rings (SSSR count). The topological polar surface area (TPSA) is 66.8 Å². The van der Waals surface area contributed by atoms with Gasteiger partial charge in [-0.15, -0.1) is 0 Å². The summed E-state index contributed by atoms with van der Waals surface area (Å²) in [6.07, 6.45) is 8.45. The van der Waals surface area contributed by atoms with Crippen LogP contribution in [0.5, 0.6) is 0 Å². The van der Waals surface area contributed by atoms with Crippen LogP contribution in [0.25, 0.3) is 0 Å². The fraction of sp³-hybridized carbons (Fsp3) is 0.750. The zero-order valence-electron chi connectivity index (χ0n) is 13.3. The Balaban J connectivity index is 2.36. The molecule has 120 valence electrons. The van der Waals surface area contributed by atoms with Crippen molar-refractivity contribution >= 4 is 12.1 Å². The van der Waals surface area contributed by atoms with Gasteiger partial charge in [-0.3, -0.25) is 4.79 Å². The summed E-state index contributed by atoms with van der Waals surface area (Å²) >= 11 is 0. The lowest BCUT2D eigenvalue weighted by Gasteiger charge is -2.27. The highest BCUT2D eigenvalue weighted by atomic mass is 16.6. The number of amides is 1. The first kappa shape index (κ1) is 17.5. The van der Waals surface area contributed by atoms with Gasteiger partial charge in [0, 0.05) is 13.0 Å². The molecule has 0 aromatic heterocycles. The minimum atomic E-state index is -0.745. The van der Waals surface area contributed by atoms with E-state index in [1.165, 1.54) is 0 Å². The van der Waals surface area contributed by atoms with Crippen molar-refractivity contribution in [3.8, 4) is 0 Å². The molecular weight excluding hydrogens is 270 g/mol. The molecule has 0 aromatic carbocycles. The van der Waals surface area contributed by atoms with Crippen LogP contribution in [0.3, 0.4) is 0 Å². The van der Waals surface area contributed by atoms with E-state index in [4.69, 9.17) is 9.84 Å². The SMILES string of the molecule is CC(C)(C)OC(=O)N1CCC[C@H]1C=CCCCCC(=O)O. The molecule has 1 heterocycles. The van der Waals surface area contributed by atoms with E-state index in [0.717, 1.165) is 32.2 Å². The minimum absolute atomic E-state index is 0.110. The van der Waals surface area contributed by atoms with Crippen LogP contribution in [-0.2, 0) is 9.53 Å². The molecule has 1 saturated heterocycles. The van der Waals surface area contributed by atoms with Crippen molar-refractivity contribution in [2.75, 3.05) is 6.54 Å². The fourth-order valence-electron chi connectivity index (χ4n) is 2.33. The number of hydrogen-bond acceptors (Lipinski definition) is 3. The van der Waals surface area contributed by atoms with E-state index >= 15 is 0 Å². The number of likely N-dealkylation sites (tertiary alicyclic amines) is 1. The molecule has 0 radical (unpaired) electrons. The third-order valence-corrected chi connectivity index (χ3v) is 3.30. The molecule has 1 aliphatic rings. The molecule has 0 bridgehead atoms. The van der Waals surface area contributed by atoms with E-state index in [-0.39, 0.29) is 18.6 Å². The number of carbonyl (C=O) groups is 2. The summed E-state index contributed by atoms with van der Waals surface area (Å²) in [4.78, 5) is 24.3. The van der Waals surface area contributed by atoms with Gasteiger partial charge in [-0.25, -0.2) is 4.79 Å². The number of rotatable bonds is 6. The number of unbranched alkanes of at least 4 members (excludes halogenated alkanes) is 2. The lowest BCUT2D eigenvalue weighted by atomic mass is 10.1. The van der Waals surface area contributed by atoms with Crippen molar-refractivity contribution in [3.63, 3.8) is 0 Å². The zero-order valence-corrected chi connectivity index (χ0v) is 13.3. The Morgan fingerprint density at radius 3 is 2.67 bits per heavy atom. The van der Waals surface area contributed by atoms with Gasteiger partial charge in [-0.1, -0.05) is 12.2 Å². The molecule has 0 aromatic rings. The maximum Gasteiger partial charge on any atom is 0.410 e. The summed E-state index contributed by atoms with van der Waals surface area (Å²) in [7, 11) is 0. The summed E-state index contributed by atoms with van der Waals surface area (Å²) in [5, 5.41) is 8.56. The van der Waals surface area contributed by atoms with Crippen molar-refractivity contribution in [3.05, 3.63) is 12.2 Å². The Hall–Kier alpha value is -1.52. The molecule has 1 atom stereocenters. The van der Waals surface area contributed by atoms with Gasteiger partial charge in [0.25, 0.3) is 0 Å². The number of aliphatic carboxylic acids is 1. The molecule has 0 spiro atoms. The van der Waals surface area contributed by atoms with E-state index in [1.807, 2.05) is 20.8 Å². The lowest BCUT2D eigenvalue weighted by molar-refractivity contribution is -0.137. The van der Waals surface area contributed by atoms with Crippen LogP contribution in [-0.4, -0.2) is 40.3 Å². The van der Waals surface area contributed by atoms with Crippen molar-refractivity contribution in [1.82, 2.24) is 4.90 Å². The number of allylic oxidation sites excluding steroid dienone is 1. The van der Waals surface area contributed by atoms with Gasteiger partial charge < -0.3 is 14.7 Å². The second-order valence-electron chi connectivity index (χ2n) is 6.45. The Labute approximate surface area is 127 Å². The van der Waals surface area contributed by atoms with E-state index in [1.54, 1.807) is 4.90 Å². The molecule has 0 aliphatic carbocycles. The van der Waals surface area contributed by atoms with Crippen molar-refractivity contribution in [1.29, 1.82) is 0 Å². The van der Waals surface area contributed by atoms with Crippen LogP contribution in [0.1, 0.15) is 59.3 Å². The van der Waals surface area contributed by atoms with Crippen molar-refractivity contribution in [2.24, 2.45) is 0 Å². The molecule has 21 heavy (non-hydrogen) atoms. The van der Waals surface area contributed by atoms with Crippen molar-refractivity contribution in [2.45, 2.75) is 70.9 Å². The largest absolute Gasteiger partial charge is 0.481 e. The highest BCUT2D eigenvalue weighted by Crippen LogP contribution is 2.22. The minimum Gasteiger partial charge on any atom is -0.481 e. The normalized spacial score (nSPS) is 19.2. The predicted molar refractivity (Wildman–Crippen MR) is 81.2 cm³/mol. The first-order chi connectivity index (χ1) is 9.79. The summed E-state index contributed by atoms with van der Waals surface area (Å²) in [6, 6.07) is 0.110. The first-order valence-corrected chi connectivity index (χ1v) is 7.67. The molecule has 1 N–H and O–H groups in total. The van der Waals surface area contributed by atoms with Gasteiger partial charge in [0.05, 0.1) is 6.04 Å². The number of carbonyl (C=O) groups excluding carboxylic acids is 1. The maximum absolute atomic E-state index is 12.1. The zero-order chi connectivity index (χ0) is 15.9. The van der Waals surface area contributed by atoms with Crippen LogP contribution in [0.2, 0.25) is 0 Å². The molecular formula is C16H27NO4. The van der Waals surface area contributed by atoms with E-state index in [0.29, 0.717) is 6.42 Å². The summed E-state index contributed by atoms with van der Waals surface area (Å²) in [5.41, 5.74) is -0.467. The molecule has 5 nitrogen and oxygen atoms in total. The third-order valence-electron chi connectivity index (χ3n) is 3.30. The van der Waals surface area contributed by atoms with Crippen LogP contribution in [0, 0.1) is 0 Å². The third kappa shape index (κ3) is 7.16. The average molecular weight is 297 g/mol. The molecule has 1 aliphatic heterocycles. The Morgan fingerprint density at radius 1 is 1.33 bits per heavy atom. The van der Waals surface area contributed by atoms with Crippen molar-refractivity contribution < 1.29 is 19.4 Å². The van der Waals surface area contributed by atoms with Crippen LogP contribution in [0.15, 0.2) is 12.2 Å². The van der Waals surface area contributed by atoms with E-state index in [2.05, 4.69) is 12.2 Å². The Morgan fingerprint density at radius 2 is 2.05 bits per heavy atom. The fourth-order valence-corrected chi connectivity index (χ4v) is 2.33. The first-order valence-electron chi connectivity index (χ1n) is 7.67. The van der Waals surface area contributed by atoms with Crippen LogP contribution >= 0.6 is 0 Å². The average Bonchev–Trinajstić information content (AvgIpc) is 2.79. The highest BCUT2D eigenvalue weighted by Gasteiger charge is 2.30. The van der Waals surface area contributed by atoms with Gasteiger partial charge >= 0.3 is 12.1 Å². The van der Waals surface area contributed by atoms with Crippen LogP contribution < -0.4 is 0 Å². The standard InChI is InChI=1S/C16H27NO4/c1-16(2,3)21-15(20)17-12-8-10-13(17)9-6-4-5-7-11-14(18)19/h6,9,13H,4-5,7-8,10-12H2,1-3H3,(H,18,19)/t13-/m1/s1. The van der Waals surface area contributed by atoms with Gasteiger partial charge in [0.15, 0.2) is 0 Å². The van der Waals surface area contributed by atoms with E-state index in [9.17, 15) is 9.59 Å².